The normalized spacial score (nSPS) is 23.3. The van der Waals surface area contributed by atoms with E-state index < -0.39 is 5.41 Å². The molecule has 4 nitrogen and oxygen atoms in total. The topological polar surface area (TPSA) is 63.6 Å². The van der Waals surface area contributed by atoms with Crippen molar-refractivity contribution in [2.24, 2.45) is 11.3 Å². The van der Waals surface area contributed by atoms with E-state index in [0.29, 0.717) is 18.8 Å². The second-order valence-corrected chi connectivity index (χ2v) is 8.64. The fourth-order valence-corrected chi connectivity index (χ4v) is 4.00. The van der Waals surface area contributed by atoms with E-state index in [1.54, 1.807) is 0 Å². The van der Waals surface area contributed by atoms with Crippen LogP contribution in [0.5, 0.6) is 0 Å². The average molecular weight is 375 g/mol. The molecular weight excluding hydrogens is 340 g/mol. The van der Waals surface area contributed by atoms with Crippen molar-refractivity contribution in [3.8, 4) is 0 Å². The highest BCUT2D eigenvalue weighted by Gasteiger charge is 2.41. The van der Waals surface area contributed by atoms with E-state index in [2.05, 4.69) is 0 Å². The molecule has 0 spiro atoms. The van der Waals surface area contributed by atoms with Gasteiger partial charge in [0.15, 0.2) is 0 Å². The van der Waals surface area contributed by atoms with E-state index in [4.69, 9.17) is 9.84 Å². The maximum atomic E-state index is 12.1. The monoisotopic (exact) mass is 374 g/mol. The van der Waals surface area contributed by atoms with Crippen LogP contribution in [0, 0.1) is 11.3 Å². The van der Waals surface area contributed by atoms with Crippen LogP contribution in [0.3, 0.4) is 0 Å². The van der Waals surface area contributed by atoms with Crippen LogP contribution in [0.4, 0.5) is 0 Å². The summed E-state index contributed by atoms with van der Waals surface area (Å²) in [5.74, 6) is 0.537. The van der Waals surface area contributed by atoms with Crippen LogP contribution < -0.4 is 0 Å². The summed E-state index contributed by atoms with van der Waals surface area (Å²) >= 11 is 0. The van der Waals surface area contributed by atoms with Gasteiger partial charge in [-0.3, -0.25) is 9.59 Å². The molecule has 1 saturated carbocycles. The van der Waals surface area contributed by atoms with E-state index in [1.165, 1.54) is 19.3 Å². The number of ether oxygens (including phenoxy) is 1. The van der Waals surface area contributed by atoms with Crippen molar-refractivity contribution < 1.29 is 19.4 Å². The van der Waals surface area contributed by atoms with Gasteiger partial charge in [0.05, 0.1) is 12.0 Å². The molecule has 27 heavy (non-hydrogen) atoms. The lowest BCUT2D eigenvalue weighted by molar-refractivity contribution is -0.142. The molecule has 4 heteroatoms. The molecule has 0 bridgehead atoms. The van der Waals surface area contributed by atoms with Crippen molar-refractivity contribution in [2.75, 3.05) is 13.2 Å². The standard InChI is InChI=1S/C12H22O2.C11H12O2/c1-12(2,8-9-13)11(14)10-6-4-3-5-7-10;1-11(7-8-13-10(11)12)9-5-3-2-4-6-9/h10,13H,3-9H2,1-2H3;2-6H,7-8H2,1H3. The molecule has 3 rings (SSSR count). The van der Waals surface area contributed by atoms with Gasteiger partial charge in [0, 0.05) is 24.4 Å². The number of esters is 1. The molecule has 2 fully saturated rings. The minimum Gasteiger partial charge on any atom is -0.465 e. The van der Waals surface area contributed by atoms with Gasteiger partial charge >= 0.3 is 5.97 Å². The summed E-state index contributed by atoms with van der Waals surface area (Å²) in [7, 11) is 0. The molecule has 1 heterocycles. The minimum absolute atomic E-state index is 0.0984. The van der Waals surface area contributed by atoms with Crippen LogP contribution in [-0.2, 0) is 19.7 Å². The Balaban J connectivity index is 0.000000194. The molecule has 0 radical (unpaired) electrons. The number of cyclic esters (lactones) is 1. The maximum Gasteiger partial charge on any atom is 0.316 e. The molecule has 2 aliphatic rings. The van der Waals surface area contributed by atoms with Crippen LogP contribution in [0.1, 0.15) is 71.3 Å². The quantitative estimate of drug-likeness (QED) is 0.774. The summed E-state index contributed by atoms with van der Waals surface area (Å²) in [4.78, 5) is 23.6. The fraction of sp³-hybridized carbons (Fsp3) is 0.652. The highest BCUT2D eigenvalue weighted by atomic mass is 16.5. The largest absolute Gasteiger partial charge is 0.465 e. The highest BCUT2D eigenvalue weighted by molar-refractivity contribution is 5.86. The number of hydrogen-bond acceptors (Lipinski definition) is 4. The molecular formula is C23H34O4. The summed E-state index contributed by atoms with van der Waals surface area (Å²) in [5, 5.41) is 8.90. The first-order valence-corrected chi connectivity index (χ1v) is 10.2. The van der Waals surface area contributed by atoms with Crippen molar-refractivity contribution in [1.29, 1.82) is 0 Å². The molecule has 0 aromatic heterocycles. The highest BCUT2D eigenvalue weighted by Crippen LogP contribution is 2.34. The fourth-order valence-electron chi connectivity index (χ4n) is 4.00. The predicted octanol–water partition coefficient (Wildman–Crippen LogP) is 4.44. The van der Waals surface area contributed by atoms with Crippen molar-refractivity contribution in [2.45, 2.75) is 71.1 Å². The first-order chi connectivity index (χ1) is 12.8. The second kappa shape index (κ2) is 9.50. The molecule has 150 valence electrons. The first kappa shape index (κ1) is 21.6. The second-order valence-electron chi connectivity index (χ2n) is 8.64. The van der Waals surface area contributed by atoms with Gasteiger partial charge in [-0.2, -0.15) is 0 Å². The number of rotatable bonds is 5. The van der Waals surface area contributed by atoms with Crippen LogP contribution >= 0.6 is 0 Å². The van der Waals surface area contributed by atoms with Gasteiger partial charge in [0.2, 0.25) is 0 Å². The Morgan fingerprint density at radius 1 is 1.19 bits per heavy atom. The zero-order chi connectivity index (χ0) is 19.9. The number of carbonyl (C=O) groups excluding carboxylic acids is 2. The Labute approximate surface area is 163 Å². The Hall–Kier alpha value is -1.68. The zero-order valence-corrected chi connectivity index (χ0v) is 17.0. The van der Waals surface area contributed by atoms with E-state index >= 15 is 0 Å². The lowest BCUT2D eigenvalue weighted by Gasteiger charge is -2.29. The van der Waals surface area contributed by atoms with Crippen LogP contribution in [0.15, 0.2) is 30.3 Å². The number of carbonyl (C=O) groups is 2. The van der Waals surface area contributed by atoms with Crippen LogP contribution in [0.25, 0.3) is 0 Å². The van der Waals surface area contributed by atoms with Crippen molar-refractivity contribution in [3.63, 3.8) is 0 Å². The molecule has 1 atom stereocenters. The smallest absolute Gasteiger partial charge is 0.316 e. The third-order valence-electron chi connectivity index (χ3n) is 6.08. The Morgan fingerprint density at radius 2 is 1.81 bits per heavy atom. The molecule has 1 unspecified atom stereocenters. The van der Waals surface area contributed by atoms with E-state index in [-0.39, 0.29) is 23.9 Å². The Bertz CT molecular complexity index is 617. The maximum absolute atomic E-state index is 12.1. The van der Waals surface area contributed by atoms with E-state index in [9.17, 15) is 9.59 Å². The molecule has 1 saturated heterocycles. The van der Waals surface area contributed by atoms with Gasteiger partial charge in [-0.05, 0) is 31.7 Å². The lowest BCUT2D eigenvalue weighted by Crippen LogP contribution is -2.32. The summed E-state index contributed by atoms with van der Waals surface area (Å²) in [5.41, 5.74) is 0.315. The van der Waals surface area contributed by atoms with Gasteiger partial charge in [-0.25, -0.2) is 0 Å². The lowest BCUT2D eigenvalue weighted by atomic mass is 9.74. The Kier molecular flexibility index (Phi) is 7.60. The van der Waals surface area contributed by atoms with Gasteiger partial charge in [-0.1, -0.05) is 63.4 Å². The number of aliphatic hydroxyl groups excluding tert-OH is 1. The first-order valence-electron chi connectivity index (χ1n) is 10.2. The zero-order valence-electron chi connectivity index (χ0n) is 17.0. The summed E-state index contributed by atoms with van der Waals surface area (Å²) in [6.45, 7) is 6.52. The molecule has 1 aliphatic heterocycles. The number of hydrogen-bond donors (Lipinski definition) is 1. The molecule has 0 amide bonds. The average Bonchev–Trinajstić information content (AvgIpc) is 3.03. The number of benzene rings is 1. The third kappa shape index (κ3) is 5.41. The van der Waals surface area contributed by atoms with Crippen molar-refractivity contribution in [3.05, 3.63) is 35.9 Å². The summed E-state index contributed by atoms with van der Waals surface area (Å²) in [6.07, 6.45) is 7.20. The van der Waals surface area contributed by atoms with Gasteiger partial charge in [0.1, 0.15) is 5.78 Å². The summed E-state index contributed by atoms with van der Waals surface area (Å²) < 4.78 is 4.98. The molecule has 1 N–H and O–H groups in total. The third-order valence-corrected chi connectivity index (χ3v) is 6.08. The van der Waals surface area contributed by atoms with Crippen LogP contribution in [0.2, 0.25) is 0 Å². The number of aliphatic hydroxyl groups is 1. The van der Waals surface area contributed by atoms with Crippen molar-refractivity contribution >= 4 is 11.8 Å². The molecule has 1 aliphatic carbocycles. The SMILES string of the molecule is CC(C)(CCO)C(=O)C1CCCCC1.CC1(c2ccccc2)CCOC1=O. The van der Waals surface area contributed by atoms with Gasteiger partial charge in [-0.15, -0.1) is 0 Å². The van der Waals surface area contributed by atoms with Gasteiger partial charge in [0.25, 0.3) is 0 Å². The van der Waals surface area contributed by atoms with Crippen molar-refractivity contribution in [1.82, 2.24) is 0 Å². The van der Waals surface area contributed by atoms with E-state index in [0.717, 1.165) is 24.8 Å². The minimum atomic E-state index is -0.415. The molecule has 1 aromatic rings. The number of Topliss-reactive ketones (excluding diaryl/α,β-unsaturated/α-hetero) is 1. The number of ketones is 1. The van der Waals surface area contributed by atoms with Crippen LogP contribution in [-0.4, -0.2) is 30.1 Å². The molecule has 1 aromatic carbocycles. The summed E-state index contributed by atoms with van der Waals surface area (Å²) in [6, 6.07) is 9.81. The Morgan fingerprint density at radius 3 is 2.33 bits per heavy atom. The predicted molar refractivity (Wildman–Crippen MR) is 106 cm³/mol. The van der Waals surface area contributed by atoms with Gasteiger partial charge < -0.3 is 9.84 Å². The van der Waals surface area contributed by atoms with E-state index in [1.807, 2.05) is 51.1 Å².